The molecular weight excluding hydrogens is 196 g/mol. The van der Waals surface area contributed by atoms with Gasteiger partial charge in [0.25, 0.3) is 0 Å². The van der Waals surface area contributed by atoms with E-state index in [4.69, 9.17) is 12.2 Å². The number of nitrogens with one attached hydrogen (secondary N) is 1. The van der Waals surface area contributed by atoms with Crippen LogP contribution in [0.25, 0.3) is 6.08 Å². The monoisotopic (exact) mass is 208 g/mol. The molecule has 14 heavy (non-hydrogen) atoms. The van der Waals surface area contributed by atoms with Crippen LogP contribution in [0.15, 0.2) is 6.08 Å². The van der Waals surface area contributed by atoms with Crippen LogP contribution in [0.2, 0.25) is 0 Å². The number of rotatable bonds is 2. The van der Waals surface area contributed by atoms with Gasteiger partial charge in [-0.05, 0) is 38.1 Å². The van der Waals surface area contributed by atoms with Crippen molar-refractivity contribution in [1.29, 1.82) is 0 Å². The number of hydrogen-bond acceptors (Lipinski definition) is 2. The lowest BCUT2D eigenvalue weighted by atomic mass is 10.1. The quantitative estimate of drug-likeness (QED) is 0.756. The highest BCUT2D eigenvalue weighted by Gasteiger charge is 2.12. The van der Waals surface area contributed by atoms with Crippen LogP contribution in [0, 0.1) is 4.77 Å². The van der Waals surface area contributed by atoms with Gasteiger partial charge in [-0.1, -0.05) is 6.08 Å². The Kier molecular flexibility index (Phi) is 2.37. The van der Waals surface area contributed by atoms with Gasteiger partial charge < -0.3 is 9.55 Å². The maximum atomic E-state index is 11.0. The normalized spacial score (nSPS) is 14.1. The number of Topliss-reactive ketones (excluding diaryl/α,β-unsaturated/α-hetero) is 1. The van der Waals surface area contributed by atoms with E-state index in [0.29, 0.717) is 11.3 Å². The zero-order chi connectivity index (χ0) is 10.1. The third-order valence-corrected chi connectivity index (χ3v) is 2.64. The molecule has 74 valence electrons. The zero-order valence-electron chi connectivity index (χ0n) is 8.04. The first-order chi connectivity index (χ1) is 6.68. The molecule has 0 atom stereocenters. The lowest BCUT2D eigenvalue weighted by molar-refractivity contribution is -0.117. The number of aryl methyl sites for hydroxylation is 1. The summed E-state index contributed by atoms with van der Waals surface area (Å²) in [4.78, 5) is 14.2. The second kappa shape index (κ2) is 3.53. The van der Waals surface area contributed by atoms with E-state index in [2.05, 4.69) is 11.1 Å². The van der Waals surface area contributed by atoms with E-state index in [9.17, 15) is 4.79 Å². The van der Waals surface area contributed by atoms with E-state index in [0.717, 1.165) is 24.2 Å². The summed E-state index contributed by atoms with van der Waals surface area (Å²) in [5, 5.41) is 0. The Morgan fingerprint density at radius 2 is 2.50 bits per heavy atom. The summed E-state index contributed by atoms with van der Waals surface area (Å²) < 4.78 is 2.51. The smallest absolute Gasteiger partial charge is 0.178 e. The SMILES string of the molecule is CC(=O)Cn1c2c([nH]c1=S)CCC=C2. The molecule has 0 spiro atoms. The second-order valence-electron chi connectivity index (χ2n) is 3.52. The fraction of sp³-hybridized carbons (Fsp3) is 0.400. The Bertz CT molecular complexity index is 453. The third-order valence-electron chi connectivity index (χ3n) is 2.32. The van der Waals surface area contributed by atoms with Crippen molar-refractivity contribution >= 4 is 24.1 Å². The van der Waals surface area contributed by atoms with Crippen LogP contribution in [-0.2, 0) is 17.8 Å². The summed E-state index contributed by atoms with van der Waals surface area (Å²) in [6.07, 6.45) is 6.18. The number of aromatic nitrogens is 2. The molecule has 0 aliphatic heterocycles. The minimum atomic E-state index is 0.127. The van der Waals surface area contributed by atoms with Crippen LogP contribution in [0.5, 0.6) is 0 Å². The van der Waals surface area contributed by atoms with Crippen LogP contribution < -0.4 is 0 Å². The van der Waals surface area contributed by atoms with Gasteiger partial charge in [0.15, 0.2) is 4.77 Å². The van der Waals surface area contributed by atoms with Crippen molar-refractivity contribution in [2.45, 2.75) is 26.3 Å². The van der Waals surface area contributed by atoms with E-state index in [-0.39, 0.29) is 5.78 Å². The first kappa shape index (κ1) is 9.40. The molecular formula is C10H12N2OS. The minimum Gasteiger partial charge on any atom is -0.334 e. The lowest BCUT2D eigenvalue weighted by Gasteiger charge is -2.07. The number of carbonyl (C=O) groups excluding carboxylic acids is 1. The molecule has 0 saturated carbocycles. The Morgan fingerprint density at radius 3 is 3.21 bits per heavy atom. The molecule has 0 bridgehead atoms. The third kappa shape index (κ3) is 1.57. The number of allylic oxidation sites excluding steroid dienone is 1. The molecule has 0 aromatic carbocycles. The number of hydrogen-bond donors (Lipinski definition) is 1. The highest BCUT2D eigenvalue weighted by atomic mass is 32.1. The Morgan fingerprint density at radius 1 is 1.71 bits per heavy atom. The van der Waals surface area contributed by atoms with Crippen LogP contribution in [0.1, 0.15) is 24.7 Å². The van der Waals surface area contributed by atoms with Crippen LogP contribution in [0.4, 0.5) is 0 Å². The predicted molar refractivity (Wildman–Crippen MR) is 57.7 cm³/mol. The van der Waals surface area contributed by atoms with E-state index >= 15 is 0 Å². The van der Waals surface area contributed by atoms with Gasteiger partial charge in [-0.25, -0.2) is 0 Å². The number of H-pyrrole nitrogens is 1. The average Bonchev–Trinajstić information content (AvgIpc) is 2.43. The van der Waals surface area contributed by atoms with E-state index in [1.807, 2.05) is 10.6 Å². The van der Waals surface area contributed by atoms with Gasteiger partial charge in [-0.2, -0.15) is 0 Å². The number of imidazole rings is 1. The maximum absolute atomic E-state index is 11.0. The Hall–Kier alpha value is -1.16. The summed E-state index contributed by atoms with van der Waals surface area (Å²) in [6.45, 7) is 1.95. The Labute approximate surface area is 87.4 Å². The summed E-state index contributed by atoms with van der Waals surface area (Å²) >= 11 is 5.16. The molecule has 0 amide bonds. The topological polar surface area (TPSA) is 37.8 Å². The molecule has 0 saturated heterocycles. The summed E-state index contributed by atoms with van der Waals surface area (Å²) in [6, 6.07) is 0. The van der Waals surface area contributed by atoms with E-state index in [1.54, 1.807) is 6.92 Å². The first-order valence-corrected chi connectivity index (χ1v) is 5.07. The molecule has 1 N–H and O–H groups in total. The number of nitrogens with zero attached hydrogens (tertiary/aromatic N) is 1. The van der Waals surface area contributed by atoms with Gasteiger partial charge in [-0.3, -0.25) is 4.79 Å². The van der Waals surface area contributed by atoms with Crippen molar-refractivity contribution in [2.24, 2.45) is 0 Å². The zero-order valence-corrected chi connectivity index (χ0v) is 8.86. The lowest BCUT2D eigenvalue weighted by Crippen LogP contribution is -2.09. The fourth-order valence-corrected chi connectivity index (χ4v) is 2.00. The van der Waals surface area contributed by atoms with E-state index in [1.165, 1.54) is 0 Å². The van der Waals surface area contributed by atoms with Crippen molar-refractivity contribution in [3.05, 3.63) is 22.2 Å². The molecule has 1 aliphatic rings. The molecule has 3 nitrogen and oxygen atoms in total. The van der Waals surface area contributed by atoms with Crippen molar-refractivity contribution in [3.8, 4) is 0 Å². The molecule has 1 aromatic rings. The molecule has 1 aromatic heterocycles. The number of aromatic amines is 1. The highest BCUT2D eigenvalue weighted by molar-refractivity contribution is 7.71. The van der Waals surface area contributed by atoms with E-state index < -0.39 is 0 Å². The van der Waals surface area contributed by atoms with Crippen molar-refractivity contribution in [2.75, 3.05) is 0 Å². The Balaban J connectivity index is 2.50. The minimum absolute atomic E-state index is 0.127. The summed E-state index contributed by atoms with van der Waals surface area (Å²) in [5.74, 6) is 0.127. The molecule has 4 heteroatoms. The van der Waals surface area contributed by atoms with Gasteiger partial charge in [0, 0.05) is 5.69 Å². The average molecular weight is 208 g/mol. The first-order valence-electron chi connectivity index (χ1n) is 4.66. The molecule has 2 rings (SSSR count). The molecule has 0 fully saturated rings. The van der Waals surface area contributed by atoms with Crippen LogP contribution in [-0.4, -0.2) is 15.3 Å². The van der Waals surface area contributed by atoms with Gasteiger partial charge in [-0.15, -0.1) is 0 Å². The van der Waals surface area contributed by atoms with Crippen molar-refractivity contribution in [3.63, 3.8) is 0 Å². The number of carbonyl (C=O) groups is 1. The molecule has 0 unspecified atom stereocenters. The maximum Gasteiger partial charge on any atom is 0.178 e. The largest absolute Gasteiger partial charge is 0.334 e. The highest BCUT2D eigenvalue weighted by Crippen LogP contribution is 2.18. The summed E-state index contributed by atoms with van der Waals surface area (Å²) in [5.41, 5.74) is 2.22. The molecule has 0 radical (unpaired) electrons. The van der Waals surface area contributed by atoms with Crippen LogP contribution >= 0.6 is 12.2 Å². The molecule has 1 aliphatic carbocycles. The van der Waals surface area contributed by atoms with Gasteiger partial charge in [0.1, 0.15) is 5.78 Å². The van der Waals surface area contributed by atoms with Crippen molar-refractivity contribution in [1.82, 2.24) is 9.55 Å². The van der Waals surface area contributed by atoms with Gasteiger partial charge in [0.2, 0.25) is 0 Å². The fourth-order valence-electron chi connectivity index (χ4n) is 1.72. The standard InChI is InChI=1S/C10H12N2OS/c1-7(13)6-12-9-5-3-2-4-8(9)11-10(12)14/h3,5H,2,4,6H2,1H3,(H,11,14). The molecule has 1 heterocycles. The van der Waals surface area contributed by atoms with Crippen LogP contribution in [0.3, 0.4) is 0 Å². The predicted octanol–water partition coefficient (Wildman–Crippen LogP) is 2.09. The van der Waals surface area contributed by atoms with Gasteiger partial charge >= 0.3 is 0 Å². The number of ketones is 1. The summed E-state index contributed by atoms with van der Waals surface area (Å²) in [7, 11) is 0. The van der Waals surface area contributed by atoms with Gasteiger partial charge in [0.05, 0.1) is 12.2 Å². The number of fused-ring (bicyclic) bond motifs is 1. The second-order valence-corrected chi connectivity index (χ2v) is 3.91. The van der Waals surface area contributed by atoms with Crippen molar-refractivity contribution < 1.29 is 4.79 Å².